The lowest BCUT2D eigenvalue weighted by Gasteiger charge is -2.23. The van der Waals surface area contributed by atoms with Crippen LogP contribution in [0.4, 0.5) is 5.13 Å². The number of rotatable bonds is 13. The first-order valence-electron chi connectivity index (χ1n) is 16.3. The second-order valence-electron chi connectivity index (χ2n) is 11.9. The van der Waals surface area contributed by atoms with E-state index in [9.17, 15) is 14.7 Å². The topological polar surface area (TPSA) is 111 Å². The molecular weight excluding hydrogens is 647 g/mol. The van der Waals surface area contributed by atoms with Gasteiger partial charge in [0.1, 0.15) is 17.6 Å². The molecule has 0 bridgehead atoms. The zero-order chi connectivity index (χ0) is 33.8. The van der Waals surface area contributed by atoms with Gasteiger partial charge in [0.05, 0.1) is 24.8 Å². The highest BCUT2D eigenvalue weighted by Crippen LogP contribution is 2.46. The number of aromatic nitrogens is 2. The fourth-order valence-corrected chi connectivity index (χ4v) is 7.70. The van der Waals surface area contributed by atoms with Crippen LogP contribution in [0, 0.1) is 6.92 Å². The smallest absolute Gasteiger partial charge is 0.301 e. The molecule has 9 nitrogen and oxygen atoms in total. The Morgan fingerprint density at radius 2 is 1.83 bits per heavy atom. The molecule has 3 aromatic carbocycles. The SMILES string of the molecule is CCCCCOc1ccc(C2/C(=C(\O)c3ccc4c(c3)CC(C)O4)C(=O)C(=O)N2c2nnc(SCc3ccc(C)cc3)s2)cc1OCC. The molecule has 1 aromatic heterocycles. The Morgan fingerprint density at radius 1 is 1.02 bits per heavy atom. The number of carbonyl (C=O) groups excluding carboxylic acids is 2. The number of Topliss-reactive ketones (excluding diaryl/α,β-unsaturated/α-hetero) is 1. The third kappa shape index (κ3) is 7.07. The first kappa shape index (κ1) is 33.5. The van der Waals surface area contributed by atoms with Gasteiger partial charge in [0.15, 0.2) is 15.8 Å². The first-order chi connectivity index (χ1) is 23.3. The van der Waals surface area contributed by atoms with E-state index in [2.05, 4.69) is 41.4 Å². The quantitative estimate of drug-likeness (QED) is 0.0373. The summed E-state index contributed by atoms with van der Waals surface area (Å²) >= 11 is 2.74. The molecule has 2 atom stereocenters. The molecule has 250 valence electrons. The molecule has 2 aliphatic rings. The van der Waals surface area contributed by atoms with Gasteiger partial charge in [-0.1, -0.05) is 78.8 Å². The van der Waals surface area contributed by atoms with Crippen LogP contribution in [0.25, 0.3) is 5.76 Å². The van der Waals surface area contributed by atoms with Crippen LogP contribution in [0.2, 0.25) is 0 Å². The second-order valence-corrected chi connectivity index (χ2v) is 14.1. The monoisotopic (exact) mass is 685 g/mol. The second kappa shape index (κ2) is 14.8. The van der Waals surface area contributed by atoms with Crippen LogP contribution in [0.15, 0.2) is 70.6 Å². The maximum absolute atomic E-state index is 13.9. The van der Waals surface area contributed by atoms with Crippen molar-refractivity contribution in [3.63, 3.8) is 0 Å². The van der Waals surface area contributed by atoms with Crippen molar-refractivity contribution < 1.29 is 28.9 Å². The van der Waals surface area contributed by atoms with Crippen molar-refractivity contribution in [1.82, 2.24) is 10.2 Å². The fourth-order valence-electron chi connectivity index (χ4n) is 5.87. The molecule has 3 heterocycles. The number of ether oxygens (including phenoxy) is 3. The van der Waals surface area contributed by atoms with Gasteiger partial charge >= 0.3 is 5.91 Å². The zero-order valence-corrected chi connectivity index (χ0v) is 29.2. The molecule has 4 aromatic rings. The summed E-state index contributed by atoms with van der Waals surface area (Å²) in [6.45, 7) is 8.98. The van der Waals surface area contributed by atoms with E-state index >= 15 is 0 Å². The van der Waals surface area contributed by atoms with E-state index < -0.39 is 17.7 Å². The van der Waals surface area contributed by atoms with E-state index in [0.717, 1.165) is 36.1 Å². The number of benzene rings is 3. The number of unbranched alkanes of at least 4 members (excludes halogenated alkanes) is 2. The minimum absolute atomic E-state index is 0.0122. The number of ketones is 1. The van der Waals surface area contributed by atoms with Crippen LogP contribution >= 0.6 is 23.1 Å². The molecule has 6 rings (SSSR count). The Balaban J connectivity index is 1.39. The third-order valence-corrected chi connectivity index (χ3v) is 10.4. The number of nitrogens with zero attached hydrogens (tertiary/aromatic N) is 3. The molecule has 1 N–H and O–H groups in total. The molecule has 0 aliphatic carbocycles. The van der Waals surface area contributed by atoms with E-state index in [-0.39, 0.29) is 22.6 Å². The van der Waals surface area contributed by atoms with Crippen LogP contribution in [-0.2, 0) is 21.8 Å². The Bertz CT molecular complexity index is 1840. The van der Waals surface area contributed by atoms with Crippen LogP contribution in [0.1, 0.15) is 73.9 Å². The van der Waals surface area contributed by atoms with Crippen LogP contribution < -0.4 is 19.1 Å². The molecule has 2 aliphatic heterocycles. The maximum Gasteiger partial charge on any atom is 0.301 e. The van der Waals surface area contributed by atoms with E-state index in [0.29, 0.717) is 52.4 Å². The number of aliphatic hydroxyl groups is 1. The van der Waals surface area contributed by atoms with Crippen molar-refractivity contribution in [3.8, 4) is 17.2 Å². The molecule has 48 heavy (non-hydrogen) atoms. The van der Waals surface area contributed by atoms with Crippen molar-refractivity contribution in [2.75, 3.05) is 18.1 Å². The molecule has 0 saturated carbocycles. The molecule has 2 unspecified atom stereocenters. The van der Waals surface area contributed by atoms with Gasteiger partial charge in [-0.25, -0.2) is 0 Å². The normalized spacial score (nSPS) is 18.2. The third-order valence-electron chi connectivity index (χ3n) is 8.29. The first-order valence-corrected chi connectivity index (χ1v) is 18.1. The number of aliphatic hydroxyl groups excluding tert-OH is 1. The predicted molar refractivity (Wildman–Crippen MR) is 188 cm³/mol. The average Bonchev–Trinajstić information content (AvgIpc) is 3.77. The van der Waals surface area contributed by atoms with Crippen molar-refractivity contribution in [3.05, 3.63) is 94.1 Å². The molecule has 1 amide bonds. The lowest BCUT2D eigenvalue weighted by molar-refractivity contribution is -0.132. The number of carbonyl (C=O) groups is 2. The van der Waals surface area contributed by atoms with Crippen molar-refractivity contribution in [1.29, 1.82) is 0 Å². The summed E-state index contributed by atoms with van der Waals surface area (Å²) in [5, 5.41) is 20.8. The standard InChI is InChI=1S/C37H39N3O6S2/c1-5-7-8-17-45-29-16-13-25(20-30(29)44-6-2)32-31(33(41)26-14-15-28-27(19-26)18-23(4)46-28)34(42)35(43)40(32)36-38-39-37(48-36)47-21-24-11-9-22(3)10-12-24/h9-16,19-20,23,32,41H,5-8,17-18,21H2,1-4H3/b33-31+. The number of fused-ring (bicyclic) bond motifs is 1. The summed E-state index contributed by atoms with van der Waals surface area (Å²) in [5.41, 5.74) is 4.22. The van der Waals surface area contributed by atoms with E-state index in [4.69, 9.17) is 14.2 Å². The lowest BCUT2D eigenvalue weighted by Crippen LogP contribution is -2.29. The van der Waals surface area contributed by atoms with Gasteiger partial charge in [0.25, 0.3) is 5.78 Å². The number of thioether (sulfide) groups is 1. The van der Waals surface area contributed by atoms with E-state index in [1.165, 1.54) is 33.6 Å². The summed E-state index contributed by atoms with van der Waals surface area (Å²) < 4.78 is 18.5. The number of amides is 1. The van der Waals surface area contributed by atoms with Crippen molar-refractivity contribution in [2.45, 2.75) is 75.6 Å². The van der Waals surface area contributed by atoms with Gasteiger partial charge in [0.2, 0.25) is 5.13 Å². The van der Waals surface area contributed by atoms with E-state index in [1.54, 1.807) is 30.3 Å². The highest BCUT2D eigenvalue weighted by molar-refractivity contribution is 8.00. The summed E-state index contributed by atoms with van der Waals surface area (Å²) in [4.78, 5) is 29.1. The molecule has 0 radical (unpaired) electrons. The highest BCUT2D eigenvalue weighted by Gasteiger charge is 2.48. The summed E-state index contributed by atoms with van der Waals surface area (Å²) in [6.07, 6.45) is 3.73. The average molecular weight is 686 g/mol. The Kier molecular flexibility index (Phi) is 10.4. The van der Waals surface area contributed by atoms with Gasteiger partial charge in [-0.15, -0.1) is 10.2 Å². The molecule has 0 spiro atoms. The Labute approximate surface area is 288 Å². The molecule has 1 saturated heterocycles. The molecular formula is C37H39N3O6S2. The summed E-state index contributed by atoms with van der Waals surface area (Å²) in [7, 11) is 0. The summed E-state index contributed by atoms with van der Waals surface area (Å²) in [5.74, 6) is 0.638. The van der Waals surface area contributed by atoms with E-state index in [1.807, 2.05) is 26.8 Å². The fraction of sp³-hybridized carbons (Fsp3) is 0.351. The van der Waals surface area contributed by atoms with Crippen molar-refractivity contribution >= 4 is 45.7 Å². The Morgan fingerprint density at radius 3 is 2.60 bits per heavy atom. The van der Waals surface area contributed by atoms with Crippen LogP contribution in [0.3, 0.4) is 0 Å². The van der Waals surface area contributed by atoms with Crippen LogP contribution in [0.5, 0.6) is 17.2 Å². The number of aryl methyl sites for hydroxylation is 1. The van der Waals surface area contributed by atoms with Gasteiger partial charge in [-0.2, -0.15) is 0 Å². The number of hydrogen-bond acceptors (Lipinski definition) is 10. The predicted octanol–water partition coefficient (Wildman–Crippen LogP) is 8.06. The maximum atomic E-state index is 13.9. The van der Waals surface area contributed by atoms with Gasteiger partial charge in [-0.05, 0) is 74.2 Å². The molecule has 1 fully saturated rings. The number of anilines is 1. The minimum Gasteiger partial charge on any atom is -0.507 e. The van der Waals surface area contributed by atoms with Gasteiger partial charge in [0, 0.05) is 17.7 Å². The largest absolute Gasteiger partial charge is 0.507 e. The minimum atomic E-state index is -0.982. The van der Waals surface area contributed by atoms with Crippen molar-refractivity contribution in [2.24, 2.45) is 0 Å². The van der Waals surface area contributed by atoms with Crippen LogP contribution in [-0.4, -0.2) is 46.3 Å². The summed E-state index contributed by atoms with van der Waals surface area (Å²) in [6, 6.07) is 18.0. The van der Waals surface area contributed by atoms with Gasteiger partial charge < -0.3 is 19.3 Å². The zero-order valence-electron chi connectivity index (χ0n) is 27.5. The number of hydrogen-bond donors (Lipinski definition) is 1. The Hall–Kier alpha value is -4.35. The lowest BCUT2D eigenvalue weighted by atomic mass is 9.94. The van der Waals surface area contributed by atoms with Gasteiger partial charge in [-0.3, -0.25) is 14.5 Å². The highest BCUT2D eigenvalue weighted by atomic mass is 32.2. The molecule has 11 heteroatoms.